The van der Waals surface area contributed by atoms with Gasteiger partial charge in [0.05, 0.1) is 26.4 Å². The van der Waals surface area contributed by atoms with Crippen LogP contribution in [0.25, 0.3) is 0 Å². The zero-order valence-corrected chi connectivity index (χ0v) is 44.3. The van der Waals surface area contributed by atoms with E-state index < -0.39 is 97.5 Å². The van der Waals surface area contributed by atoms with Crippen molar-refractivity contribution < 1.29 is 80.2 Å². The molecule has 0 saturated heterocycles. The molecule has 0 rings (SSSR count). The molecule has 0 aliphatic rings. The summed E-state index contributed by atoms with van der Waals surface area (Å²) in [5.74, 6) is -2.21. The van der Waals surface area contributed by atoms with Crippen molar-refractivity contribution in [2.45, 2.75) is 251 Å². The molecule has 0 aliphatic carbocycles. The van der Waals surface area contributed by atoms with E-state index in [2.05, 4.69) is 13.8 Å². The molecule has 2 unspecified atom stereocenters. The summed E-state index contributed by atoms with van der Waals surface area (Å²) in [5, 5.41) is 10.3. The van der Waals surface area contributed by atoms with Gasteiger partial charge < -0.3 is 33.8 Å². The van der Waals surface area contributed by atoms with Crippen molar-refractivity contribution >= 4 is 39.5 Å². The van der Waals surface area contributed by atoms with Crippen LogP contribution in [0.2, 0.25) is 0 Å². The molecule has 0 saturated carbocycles. The van der Waals surface area contributed by atoms with Crippen LogP contribution in [0.4, 0.5) is 0 Å². The van der Waals surface area contributed by atoms with Gasteiger partial charge in [0.15, 0.2) is 12.2 Å². The minimum atomic E-state index is -4.92. The molecule has 19 heteroatoms. The Morgan fingerprint density at radius 2 is 0.588 bits per heavy atom. The number of phosphoric acid groups is 2. The van der Waals surface area contributed by atoms with Gasteiger partial charge in [0, 0.05) is 25.7 Å². The van der Waals surface area contributed by atoms with Gasteiger partial charge in [-0.05, 0) is 25.7 Å². The van der Waals surface area contributed by atoms with E-state index in [1.807, 2.05) is 13.8 Å². The largest absolute Gasteiger partial charge is 0.472 e. The lowest BCUT2D eigenvalue weighted by Crippen LogP contribution is -2.30. The van der Waals surface area contributed by atoms with Crippen LogP contribution in [-0.2, 0) is 65.4 Å². The Hall–Kier alpha value is -1.94. The Morgan fingerprint density at radius 1 is 0.353 bits per heavy atom. The number of rotatable bonds is 50. The topological polar surface area (TPSA) is 237 Å². The maximum Gasteiger partial charge on any atom is 0.472 e. The molecule has 68 heavy (non-hydrogen) atoms. The number of aliphatic hydroxyl groups is 1. The zero-order valence-electron chi connectivity index (χ0n) is 42.6. The average Bonchev–Trinajstić information content (AvgIpc) is 3.30. The van der Waals surface area contributed by atoms with Crippen LogP contribution in [0.3, 0.4) is 0 Å². The first kappa shape index (κ1) is 66.1. The molecular weight excluding hydrogens is 922 g/mol. The SMILES string of the molecule is CCCCCCCCCCCCCCCC(=O)OC[C@H](COP(=O)(O)OC[C@H](O)COP(=O)(O)OC[C@@H](COC(=O)CCCCC)OC(=O)CCCCC)OC(=O)CCCCCCCCCCC. The van der Waals surface area contributed by atoms with Gasteiger partial charge in [-0.25, -0.2) is 9.13 Å². The van der Waals surface area contributed by atoms with Gasteiger partial charge in [-0.2, -0.15) is 0 Å². The molecule has 0 aromatic heterocycles. The van der Waals surface area contributed by atoms with Crippen molar-refractivity contribution in [3.63, 3.8) is 0 Å². The van der Waals surface area contributed by atoms with Gasteiger partial charge in [0.25, 0.3) is 0 Å². The summed E-state index contributed by atoms with van der Waals surface area (Å²) in [5.41, 5.74) is 0. The maximum atomic E-state index is 12.8. The summed E-state index contributed by atoms with van der Waals surface area (Å²) in [4.78, 5) is 70.5. The molecule has 0 radical (unpaired) electrons. The van der Waals surface area contributed by atoms with E-state index in [0.29, 0.717) is 25.7 Å². The summed E-state index contributed by atoms with van der Waals surface area (Å²) in [6.45, 7) is 4.38. The number of ether oxygens (including phenoxy) is 4. The summed E-state index contributed by atoms with van der Waals surface area (Å²) in [7, 11) is -9.82. The van der Waals surface area contributed by atoms with Crippen LogP contribution < -0.4 is 0 Å². The van der Waals surface area contributed by atoms with Gasteiger partial charge in [-0.15, -0.1) is 0 Å². The fourth-order valence-corrected chi connectivity index (χ4v) is 8.56. The highest BCUT2D eigenvalue weighted by Gasteiger charge is 2.30. The van der Waals surface area contributed by atoms with Crippen molar-refractivity contribution in [1.29, 1.82) is 0 Å². The number of esters is 4. The van der Waals surface area contributed by atoms with Crippen molar-refractivity contribution in [2.75, 3.05) is 39.6 Å². The Labute approximate surface area is 409 Å². The third-order valence-electron chi connectivity index (χ3n) is 11.1. The van der Waals surface area contributed by atoms with Crippen LogP contribution in [0.15, 0.2) is 0 Å². The van der Waals surface area contributed by atoms with Crippen LogP contribution in [0.5, 0.6) is 0 Å². The van der Waals surface area contributed by atoms with E-state index in [4.69, 9.17) is 37.0 Å². The van der Waals surface area contributed by atoms with Crippen LogP contribution in [-0.4, -0.2) is 96.7 Å². The first-order valence-corrected chi connectivity index (χ1v) is 29.3. The van der Waals surface area contributed by atoms with Crippen LogP contribution in [0, 0.1) is 0 Å². The van der Waals surface area contributed by atoms with Crippen LogP contribution in [0.1, 0.15) is 233 Å². The van der Waals surface area contributed by atoms with Crippen LogP contribution >= 0.6 is 15.6 Å². The van der Waals surface area contributed by atoms with E-state index in [1.165, 1.54) is 83.5 Å². The van der Waals surface area contributed by atoms with Crippen molar-refractivity contribution in [3.8, 4) is 0 Å². The summed E-state index contributed by atoms with van der Waals surface area (Å²) < 4.78 is 66.5. The van der Waals surface area contributed by atoms with E-state index in [-0.39, 0.29) is 25.7 Å². The number of unbranched alkanes of at least 4 members (excludes halogenated alkanes) is 24. The maximum absolute atomic E-state index is 12.8. The number of hydrogen-bond acceptors (Lipinski definition) is 15. The number of hydrogen-bond donors (Lipinski definition) is 3. The molecule has 0 heterocycles. The molecule has 0 aromatic rings. The lowest BCUT2D eigenvalue weighted by Gasteiger charge is -2.21. The van der Waals surface area contributed by atoms with Crippen molar-refractivity contribution in [3.05, 3.63) is 0 Å². The Kier molecular flexibility index (Phi) is 43.7. The lowest BCUT2D eigenvalue weighted by molar-refractivity contribution is -0.161. The van der Waals surface area contributed by atoms with E-state index in [9.17, 15) is 43.2 Å². The third-order valence-corrected chi connectivity index (χ3v) is 13.0. The molecule has 0 spiro atoms. The summed E-state index contributed by atoms with van der Waals surface area (Å²) in [6.07, 6.45) is 25.6. The predicted octanol–water partition coefficient (Wildman–Crippen LogP) is 12.1. The molecule has 402 valence electrons. The van der Waals surface area contributed by atoms with E-state index in [1.54, 1.807) is 0 Å². The first-order valence-electron chi connectivity index (χ1n) is 26.3. The average molecular weight is 1020 g/mol. The second-order valence-electron chi connectivity index (χ2n) is 17.8. The lowest BCUT2D eigenvalue weighted by atomic mass is 10.0. The fraction of sp³-hybridized carbons (Fsp3) is 0.918. The highest BCUT2D eigenvalue weighted by atomic mass is 31.2. The fourth-order valence-electron chi connectivity index (χ4n) is 6.98. The highest BCUT2D eigenvalue weighted by Crippen LogP contribution is 2.45. The zero-order chi connectivity index (χ0) is 50.6. The summed E-state index contributed by atoms with van der Waals surface area (Å²) >= 11 is 0. The second-order valence-corrected chi connectivity index (χ2v) is 20.8. The Bertz CT molecular complexity index is 1350. The van der Waals surface area contributed by atoms with Gasteiger partial charge >= 0.3 is 39.5 Å². The Morgan fingerprint density at radius 3 is 0.897 bits per heavy atom. The Balaban J connectivity index is 5.04. The molecule has 0 fully saturated rings. The summed E-state index contributed by atoms with van der Waals surface area (Å²) in [6, 6.07) is 0. The molecule has 0 aliphatic heterocycles. The minimum absolute atomic E-state index is 0.0882. The molecular formula is C49H94O17P2. The molecule has 0 aromatic carbocycles. The quantitative estimate of drug-likeness (QED) is 0.0222. The van der Waals surface area contributed by atoms with E-state index >= 15 is 0 Å². The monoisotopic (exact) mass is 1020 g/mol. The first-order chi connectivity index (χ1) is 32.7. The number of carbonyl (C=O) groups is 4. The van der Waals surface area contributed by atoms with Crippen molar-refractivity contribution in [2.24, 2.45) is 0 Å². The van der Waals surface area contributed by atoms with Gasteiger partial charge in [0.1, 0.15) is 19.3 Å². The molecule has 0 bridgehead atoms. The minimum Gasteiger partial charge on any atom is -0.462 e. The third kappa shape index (κ3) is 44.0. The van der Waals surface area contributed by atoms with Gasteiger partial charge in [-0.3, -0.25) is 37.3 Å². The number of carbonyl (C=O) groups excluding carboxylic acids is 4. The molecule has 5 atom stereocenters. The van der Waals surface area contributed by atoms with Gasteiger partial charge in [0.2, 0.25) is 0 Å². The predicted molar refractivity (Wildman–Crippen MR) is 262 cm³/mol. The van der Waals surface area contributed by atoms with Crippen molar-refractivity contribution in [1.82, 2.24) is 0 Å². The second kappa shape index (κ2) is 45.0. The molecule has 0 amide bonds. The van der Waals surface area contributed by atoms with E-state index in [0.717, 1.165) is 70.6 Å². The number of aliphatic hydroxyl groups excluding tert-OH is 1. The smallest absolute Gasteiger partial charge is 0.462 e. The standard InChI is InChI=1S/C49H94O17P2/c1-5-9-13-15-17-19-20-21-22-24-25-27-31-34-47(52)60-40-45(66-49(54)36-32-28-26-23-18-16-14-10-6-2)42-64-68(57,58)62-38-43(50)37-61-67(55,56)63-41-44(65-48(53)35-30-12-8-4)39-59-46(51)33-29-11-7-3/h43-45,50H,5-42H2,1-4H3,(H,55,56)(H,57,58)/t43-,44-,45-/m1/s1. The number of phosphoric ester groups is 2. The van der Waals surface area contributed by atoms with Gasteiger partial charge in [-0.1, -0.05) is 182 Å². The highest BCUT2D eigenvalue weighted by molar-refractivity contribution is 7.47. The molecule has 17 nitrogen and oxygen atoms in total. The molecule has 3 N–H and O–H groups in total. The normalized spacial score (nSPS) is 14.6.